The van der Waals surface area contributed by atoms with Gasteiger partial charge < -0.3 is 0 Å². The quantitative estimate of drug-likeness (QED) is 0.847. The summed E-state index contributed by atoms with van der Waals surface area (Å²) in [5.41, 5.74) is 0.999. The van der Waals surface area contributed by atoms with Crippen molar-refractivity contribution in [3.05, 3.63) is 59.4 Å². The molecule has 0 saturated carbocycles. The first kappa shape index (κ1) is 16.4. The van der Waals surface area contributed by atoms with E-state index in [0.29, 0.717) is 31.2 Å². The fourth-order valence-electron chi connectivity index (χ4n) is 2.63. The second-order valence-electron chi connectivity index (χ2n) is 5.46. The molecule has 3 rings (SSSR count). The van der Waals surface area contributed by atoms with Crippen LogP contribution in [0.1, 0.15) is 5.69 Å². The maximum absolute atomic E-state index is 12.6. The number of benzene rings is 1. The topological polar surface area (TPSA) is 53.5 Å². The fraction of sp³-hybridized carbons (Fsp3) is 0.312. The second-order valence-corrected chi connectivity index (χ2v) is 7.83. The molecule has 1 saturated heterocycles. The number of aromatic nitrogens is 1. The van der Waals surface area contributed by atoms with Crippen molar-refractivity contribution in [1.82, 2.24) is 14.2 Å². The zero-order valence-electron chi connectivity index (χ0n) is 12.6. The van der Waals surface area contributed by atoms with Crippen LogP contribution in [0, 0.1) is 0 Å². The molecule has 1 aliphatic rings. The summed E-state index contributed by atoms with van der Waals surface area (Å²) in [6, 6.07) is 12.2. The Kier molecular flexibility index (Phi) is 4.96. The van der Waals surface area contributed by atoms with Crippen LogP contribution in [0.15, 0.2) is 53.6 Å². The van der Waals surface area contributed by atoms with Crippen molar-refractivity contribution >= 4 is 21.6 Å². The van der Waals surface area contributed by atoms with E-state index in [2.05, 4.69) is 9.88 Å². The van der Waals surface area contributed by atoms with Gasteiger partial charge in [-0.05, 0) is 30.3 Å². The van der Waals surface area contributed by atoms with Crippen molar-refractivity contribution in [1.29, 1.82) is 0 Å². The molecule has 5 nitrogen and oxygen atoms in total. The minimum absolute atomic E-state index is 0.253. The lowest BCUT2D eigenvalue weighted by atomic mass is 10.3. The molecule has 0 bridgehead atoms. The molecule has 1 aromatic heterocycles. The van der Waals surface area contributed by atoms with E-state index in [-0.39, 0.29) is 4.90 Å². The van der Waals surface area contributed by atoms with Crippen LogP contribution in [0.3, 0.4) is 0 Å². The van der Waals surface area contributed by atoms with Crippen LogP contribution in [-0.4, -0.2) is 48.8 Å². The van der Waals surface area contributed by atoms with Gasteiger partial charge in [0.2, 0.25) is 10.0 Å². The number of rotatable bonds is 4. The Bertz CT molecular complexity index is 760. The smallest absolute Gasteiger partial charge is 0.243 e. The van der Waals surface area contributed by atoms with Gasteiger partial charge in [0.25, 0.3) is 0 Å². The molecule has 0 unspecified atom stereocenters. The van der Waals surface area contributed by atoms with Crippen molar-refractivity contribution in [3.63, 3.8) is 0 Å². The fourth-order valence-corrected chi connectivity index (χ4v) is 4.35. The Morgan fingerprint density at radius 2 is 1.83 bits per heavy atom. The molecule has 1 fully saturated rings. The molecule has 0 spiro atoms. The Balaban J connectivity index is 1.64. The number of halogens is 1. The summed E-state index contributed by atoms with van der Waals surface area (Å²) in [6.45, 7) is 3.07. The van der Waals surface area contributed by atoms with E-state index in [1.807, 2.05) is 18.2 Å². The van der Waals surface area contributed by atoms with Gasteiger partial charge in [-0.3, -0.25) is 9.88 Å². The molecule has 0 aliphatic carbocycles. The van der Waals surface area contributed by atoms with E-state index in [1.165, 1.54) is 10.4 Å². The van der Waals surface area contributed by atoms with Crippen LogP contribution >= 0.6 is 11.6 Å². The molecule has 1 aromatic carbocycles. The van der Waals surface area contributed by atoms with Gasteiger partial charge in [-0.25, -0.2) is 8.42 Å². The monoisotopic (exact) mass is 351 g/mol. The minimum Gasteiger partial charge on any atom is -0.295 e. The van der Waals surface area contributed by atoms with E-state index in [0.717, 1.165) is 12.2 Å². The summed E-state index contributed by atoms with van der Waals surface area (Å²) in [6.07, 6.45) is 1.77. The van der Waals surface area contributed by atoms with Crippen LogP contribution in [0.5, 0.6) is 0 Å². The van der Waals surface area contributed by atoms with Gasteiger partial charge in [0.15, 0.2) is 0 Å². The molecular formula is C16H18ClN3O2S. The van der Waals surface area contributed by atoms with E-state index in [4.69, 9.17) is 11.6 Å². The maximum Gasteiger partial charge on any atom is 0.243 e. The largest absolute Gasteiger partial charge is 0.295 e. The standard InChI is InChI=1S/C16H18ClN3O2S/c17-14-4-3-6-16(12-14)23(21,22)20-10-8-19(9-11-20)13-15-5-1-2-7-18-15/h1-7,12H,8-11,13H2. The van der Waals surface area contributed by atoms with Crippen LogP contribution in [0.25, 0.3) is 0 Å². The van der Waals surface area contributed by atoms with Gasteiger partial charge in [0, 0.05) is 43.9 Å². The zero-order valence-corrected chi connectivity index (χ0v) is 14.2. The van der Waals surface area contributed by atoms with Crippen molar-refractivity contribution in [2.24, 2.45) is 0 Å². The van der Waals surface area contributed by atoms with Gasteiger partial charge in [-0.1, -0.05) is 23.7 Å². The average molecular weight is 352 g/mol. The van der Waals surface area contributed by atoms with Gasteiger partial charge in [0.05, 0.1) is 10.6 Å². The SMILES string of the molecule is O=S(=O)(c1cccc(Cl)c1)N1CCN(Cc2ccccn2)CC1. The molecule has 2 heterocycles. The normalized spacial score (nSPS) is 17.3. The Morgan fingerprint density at radius 1 is 1.04 bits per heavy atom. The molecule has 0 amide bonds. The number of sulfonamides is 1. The average Bonchev–Trinajstić information content (AvgIpc) is 2.56. The van der Waals surface area contributed by atoms with E-state index in [9.17, 15) is 8.42 Å². The molecule has 23 heavy (non-hydrogen) atoms. The number of pyridine rings is 1. The number of hydrogen-bond acceptors (Lipinski definition) is 4. The molecule has 0 atom stereocenters. The van der Waals surface area contributed by atoms with Gasteiger partial charge in [-0.2, -0.15) is 4.31 Å². The highest BCUT2D eigenvalue weighted by Crippen LogP contribution is 2.21. The van der Waals surface area contributed by atoms with E-state index in [1.54, 1.807) is 24.4 Å². The minimum atomic E-state index is -3.47. The molecule has 2 aromatic rings. The molecule has 122 valence electrons. The molecule has 0 radical (unpaired) electrons. The predicted molar refractivity (Wildman–Crippen MR) is 89.7 cm³/mol. The highest BCUT2D eigenvalue weighted by atomic mass is 35.5. The van der Waals surface area contributed by atoms with Crippen LogP contribution in [-0.2, 0) is 16.6 Å². The van der Waals surface area contributed by atoms with Crippen LogP contribution < -0.4 is 0 Å². The Labute approximate surface area is 141 Å². The first-order valence-corrected chi connectivity index (χ1v) is 9.25. The summed E-state index contributed by atoms with van der Waals surface area (Å²) in [5, 5.41) is 0.430. The van der Waals surface area contributed by atoms with Crippen molar-refractivity contribution in [2.45, 2.75) is 11.4 Å². The molecule has 0 N–H and O–H groups in total. The maximum atomic E-state index is 12.6. The number of piperazine rings is 1. The van der Waals surface area contributed by atoms with Crippen molar-refractivity contribution in [2.75, 3.05) is 26.2 Å². The summed E-state index contributed by atoms with van der Waals surface area (Å²) in [5.74, 6) is 0. The first-order valence-electron chi connectivity index (χ1n) is 7.44. The molecule has 7 heteroatoms. The van der Waals surface area contributed by atoms with Gasteiger partial charge >= 0.3 is 0 Å². The summed E-state index contributed by atoms with van der Waals surface area (Å²) >= 11 is 5.91. The van der Waals surface area contributed by atoms with Crippen molar-refractivity contribution < 1.29 is 8.42 Å². The van der Waals surface area contributed by atoms with E-state index < -0.39 is 10.0 Å². The predicted octanol–water partition coefficient (Wildman–Crippen LogP) is 2.24. The number of nitrogens with zero attached hydrogens (tertiary/aromatic N) is 3. The highest BCUT2D eigenvalue weighted by Gasteiger charge is 2.28. The molecular weight excluding hydrogens is 334 g/mol. The summed E-state index contributed by atoms with van der Waals surface area (Å²) in [4.78, 5) is 6.78. The third-order valence-electron chi connectivity index (χ3n) is 3.88. The third kappa shape index (κ3) is 3.90. The Hall–Kier alpha value is -1.47. The Morgan fingerprint density at radius 3 is 2.48 bits per heavy atom. The summed E-state index contributed by atoms with van der Waals surface area (Å²) in [7, 11) is -3.47. The van der Waals surface area contributed by atoms with Crippen molar-refractivity contribution in [3.8, 4) is 0 Å². The lowest BCUT2D eigenvalue weighted by Gasteiger charge is -2.33. The highest BCUT2D eigenvalue weighted by molar-refractivity contribution is 7.89. The third-order valence-corrected chi connectivity index (χ3v) is 6.01. The first-order chi connectivity index (χ1) is 11.1. The van der Waals surface area contributed by atoms with E-state index >= 15 is 0 Å². The number of hydrogen-bond donors (Lipinski definition) is 0. The van der Waals surface area contributed by atoms with Gasteiger partial charge in [0.1, 0.15) is 0 Å². The molecule has 1 aliphatic heterocycles. The van der Waals surface area contributed by atoms with Crippen LogP contribution in [0.2, 0.25) is 5.02 Å². The lowest BCUT2D eigenvalue weighted by Crippen LogP contribution is -2.48. The van der Waals surface area contributed by atoms with Gasteiger partial charge in [-0.15, -0.1) is 0 Å². The lowest BCUT2D eigenvalue weighted by molar-refractivity contribution is 0.180. The zero-order chi connectivity index (χ0) is 16.3. The second kappa shape index (κ2) is 6.97. The summed E-state index contributed by atoms with van der Waals surface area (Å²) < 4.78 is 26.8. The van der Waals surface area contributed by atoms with Crippen LogP contribution in [0.4, 0.5) is 0 Å².